The monoisotopic (exact) mass is 454 g/mol. The molecule has 0 saturated heterocycles. The van der Waals surface area contributed by atoms with Gasteiger partial charge in [0, 0.05) is 38.7 Å². The smallest absolute Gasteiger partial charge is 0.273 e. The Morgan fingerprint density at radius 1 is 1.21 bits per heavy atom. The maximum Gasteiger partial charge on any atom is 0.273 e. The highest BCUT2D eigenvalue weighted by Gasteiger charge is 2.15. The van der Waals surface area contributed by atoms with Crippen molar-refractivity contribution in [3.8, 4) is 5.69 Å². The molecule has 0 fully saturated rings. The number of para-hydroxylation sites is 1. The number of nitro benzene ring substituents is 1. The number of hydrogen-bond acceptors (Lipinski definition) is 4. The van der Waals surface area contributed by atoms with Crippen molar-refractivity contribution in [1.82, 2.24) is 9.99 Å². The Hall–Kier alpha value is -3.26. The van der Waals surface area contributed by atoms with Crippen LogP contribution in [0.25, 0.3) is 5.69 Å². The van der Waals surface area contributed by atoms with E-state index >= 15 is 0 Å². The third kappa shape index (κ3) is 4.78. The van der Waals surface area contributed by atoms with Crippen molar-refractivity contribution >= 4 is 33.7 Å². The molecule has 0 unspecified atom stereocenters. The van der Waals surface area contributed by atoms with Crippen molar-refractivity contribution in [3.05, 3.63) is 91.7 Å². The number of nitrogens with one attached hydrogen (secondary N) is 1. The fourth-order valence-electron chi connectivity index (χ4n) is 3.13. The average molecular weight is 455 g/mol. The Morgan fingerprint density at radius 2 is 1.90 bits per heavy atom. The van der Waals surface area contributed by atoms with Crippen molar-refractivity contribution in [2.24, 2.45) is 5.10 Å². The van der Waals surface area contributed by atoms with Crippen LogP contribution in [-0.4, -0.2) is 21.6 Å². The van der Waals surface area contributed by atoms with Crippen molar-refractivity contribution < 1.29 is 9.72 Å². The molecule has 7 nitrogen and oxygen atoms in total. The normalized spacial score (nSPS) is 11.0. The molecule has 1 N–H and O–H groups in total. The predicted octanol–water partition coefficient (Wildman–Crippen LogP) is 4.46. The van der Waals surface area contributed by atoms with Crippen molar-refractivity contribution in [2.75, 3.05) is 0 Å². The Kier molecular flexibility index (Phi) is 6.23. The van der Waals surface area contributed by atoms with E-state index < -0.39 is 10.8 Å². The van der Waals surface area contributed by atoms with Crippen LogP contribution in [0.15, 0.2) is 64.2 Å². The van der Waals surface area contributed by atoms with Gasteiger partial charge >= 0.3 is 0 Å². The van der Waals surface area contributed by atoms with Gasteiger partial charge in [0.2, 0.25) is 5.91 Å². The first-order valence-electron chi connectivity index (χ1n) is 8.86. The summed E-state index contributed by atoms with van der Waals surface area (Å²) in [7, 11) is 0. The summed E-state index contributed by atoms with van der Waals surface area (Å²) in [5.41, 5.74) is 6.64. The van der Waals surface area contributed by atoms with E-state index in [9.17, 15) is 14.9 Å². The molecule has 0 aliphatic carbocycles. The number of carbonyl (C=O) groups is 1. The molecule has 0 aliphatic heterocycles. The second-order valence-corrected chi connectivity index (χ2v) is 7.41. The second-order valence-electron chi connectivity index (χ2n) is 6.49. The Balaban J connectivity index is 1.71. The number of aryl methyl sites for hydroxylation is 1. The summed E-state index contributed by atoms with van der Waals surface area (Å²) in [6.45, 7) is 3.98. The lowest BCUT2D eigenvalue weighted by Gasteiger charge is -2.09. The van der Waals surface area contributed by atoms with E-state index in [1.54, 1.807) is 24.4 Å². The van der Waals surface area contributed by atoms with Gasteiger partial charge in [-0.1, -0.05) is 34.1 Å². The number of rotatable bonds is 6. The van der Waals surface area contributed by atoms with E-state index in [-0.39, 0.29) is 12.1 Å². The number of amides is 1. The standard InChI is InChI=1S/C21H19BrN4O3/c1-14-11-17(15(2)25(14)19-9-7-18(22)8-10-19)13-23-24-21(27)12-16-5-3-4-6-20(16)26(28)29/h3-11,13H,12H2,1-2H3,(H,24,27)/b23-13-. The Labute approximate surface area is 176 Å². The number of hydrazone groups is 1. The quantitative estimate of drug-likeness (QED) is 0.338. The minimum absolute atomic E-state index is 0.0790. The summed E-state index contributed by atoms with van der Waals surface area (Å²) >= 11 is 3.44. The third-order valence-electron chi connectivity index (χ3n) is 4.49. The fourth-order valence-corrected chi connectivity index (χ4v) is 3.39. The molecule has 1 amide bonds. The lowest BCUT2D eigenvalue weighted by Crippen LogP contribution is -2.20. The number of hydrogen-bond donors (Lipinski definition) is 1. The van der Waals surface area contributed by atoms with Crippen LogP contribution in [0.3, 0.4) is 0 Å². The molecule has 0 radical (unpaired) electrons. The zero-order valence-electron chi connectivity index (χ0n) is 15.9. The maximum absolute atomic E-state index is 12.1. The number of nitro groups is 1. The molecule has 3 aromatic rings. The first-order chi connectivity index (χ1) is 13.9. The molecule has 148 valence electrons. The molecule has 1 heterocycles. The van der Waals surface area contributed by atoms with Crippen LogP contribution in [0, 0.1) is 24.0 Å². The van der Waals surface area contributed by atoms with E-state index in [2.05, 4.69) is 31.0 Å². The summed E-state index contributed by atoms with van der Waals surface area (Å²) < 4.78 is 3.11. The van der Waals surface area contributed by atoms with Crippen LogP contribution in [0.1, 0.15) is 22.5 Å². The van der Waals surface area contributed by atoms with E-state index in [0.29, 0.717) is 5.56 Å². The lowest BCUT2D eigenvalue weighted by molar-refractivity contribution is -0.385. The topological polar surface area (TPSA) is 89.5 Å². The number of benzene rings is 2. The molecule has 0 spiro atoms. The summed E-state index contributed by atoms with van der Waals surface area (Å²) in [6, 6.07) is 16.1. The molecule has 2 aromatic carbocycles. The molecule has 0 atom stereocenters. The first-order valence-corrected chi connectivity index (χ1v) is 9.65. The van der Waals surface area contributed by atoms with Crippen molar-refractivity contribution in [3.63, 3.8) is 0 Å². The van der Waals surface area contributed by atoms with E-state index in [4.69, 9.17) is 0 Å². The SMILES string of the molecule is Cc1cc(/C=N\NC(=O)Cc2ccccc2[N+](=O)[O-])c(C)n1-c1ccc(Br)cc1. The molecule has 1 aromatic heterocycles. The summed E-state index contributed by atoms with van der Waals surface area (Å²) in [5, 5.41) is 15.1. The first kappa shape index (κ1) is 20.5. The summed E-state index contributed by atoms with van der Waals surface area (Å²) in [4.78, 5) is 22.7. The van der Waals surface area contributed by atoms with Gasteiger partial charge in [0.1, 0.15) is 0 Å². The summed E-state index contributed by atoms with van der Waals surface area (Å²) in [6.07, 6.45) is 1.46. The lowest BCUT2D eigenvalue weighted by atomic mass is 10.1. The van der Waals surface area contributed by atoms with E-state index in [1.807, 2.05) is 44.2 Å². The van der Waals surface area contributed by atoms with E-state index in [1.165, 1.54) is 6.07 Å². The van der Waals surface area contributed by atoms with Gasteiger partial charge in [0.15, 0.2) is 0 Å². The fraction of sp³-hybridized carbons (Fsp3) is 0.143. The predicted molar refractivity (Wildman–Crippen MR) is 115 cm³/mol. The van der Waals surface area contributed by atoms with E-state index in [0.717, 1.165) is 27.1 Å². The minimum atomic E-state index is -0.497. The summed E-state index contributed by atoms with van der Waals surface area (Å²) in [5.74, 6) is -0.419. The number of carbonyl (C=O) groups excluding carboxylic acids is 1. The third-order valence-corrected chi connectivity index (χ3v) is 5.02. The molecular formula is C21H19BrN4O3. The largest absolute Gasteiger partial charge is 0.318 e. The van der Waals surface area contributed by atoms with Crippen molar-refractivity contribution in [1.29, 1.82) is 0 Å². The van der Waals surface area contributed by atoms with Crippen LogP contribution >= 0.6 is 15.9 Å². The van der Waals surface area contributed by atoms with Crippen molar-refractivity contribution in [2.45, 2.75) is 20.3 Å². The highest BCUT2D eigenvalue weighted by atomic mass is 79.9. The Morgan fingerprint density at radius 3 is 2.59 bits per heavy atom. The van der Waals surface area contributed by atoms with Crippen LogP contribution in [0.2, 0.25) is 0 Å². The van der Waals surface area contributed by atoms with Gasteiger partial charge in [-0.15, -0.1) is 0 Å². The molecule has 0 bridgehead atoms. The van der Waals surface area contributed by atoms with Crippen LogP contribution in [0.5, 0.6) is 0 Å². The highest BCUT2D eigenvalue weighted by molar-refractivity contribution is 9.10. The van der Waals surface area contributed by atoms with Gasteiger partial charge in [-0.3, -0.25) is 14.9 Å². The van der Waals surface area contributed by atoms with Gasteiger partial charge in [0.05, 0.1) is 17.6 Å². The van der Waals surface area contributed by atoms with Crippen LogP contribution in [0.4, 0.5) is 5.69 Å². The number of nitrogens with zero attached hydrogens (tertiary/aromatic N) is 3. The molecule has 3 rings (SSSR count). The second kappa shape index (κ2) is 8.83. The maximum atomic E-state index is 12.1. The van der Waals surface area contributed by atoms with Gasteiger partial charge in [-0.25, -0.2) is 5.43 Å². The zero-order valence-corrected chi connectivity index (χ0v) is 17.5. The molecule has 0 aliphatic rings. The Bertz CT molecular complexity index is 1090. The molecule has 29 heavy (non-hydrogen) atoms. The molecular weight excluding hydrogens is 436 g/mol. The van der Waals surface area contributed by atoms with Gasteiger partial charge in [0.25, 0.3) is 5.69 Å². The zero-order chi connectivity index (χ0) is 21.0. The van der Waals surface area contributed by atoms with Crippen LogP contribution in [-0.2, 0) is 11.2 Å². The molecule has 0 saturated carbocycles. The van der Waals surface area contributed by atoms with Gasteiger partial charge in [-0.2, -0.15) is 5.10 Å². The molecule has 8 heteroatoms. The average Bonchev–Trinajstić information content (AvgIpc) is 2.96. The minimum Gasteiger partial charge on any atom is -0.318 e. The van der Waals surface area contributed by atoms with Gasteiger partial charge < -0.3 is 4.57 Å². The van der Waals surface area contributed by atoms with Crippen LogP contribution < -0.4 is 5.43 Å². The highest BCUT2D eigenvalue weighted by Crippen LogP contribution is 2.21. The number of aromatic nitrogens is 1. The number of halogens is 1. The van der Waals surface area contributed by atoms with Gasteiger partial charge in [-0.05, 0) is 44.2 Å².